The summed E-state index contributed by atoms with van der Waals surface area (Å²) in [6, 6.07) is 13.3. The zero-order valence-corrected chi connectivity index (χ0v) is 24.5. The number of hydrogen-bond acceptors (Lipinski definition) is 4. The standard InChI is InChI=1S/C32H45BN2O2/c1-11-37-30(36)20-25(10)33-34(31-26(21(2)3)14-12-15-27(31)22(4)5)18-19-35(33)32-28(23(6)7)16-13-17-29(32)24(8)9/h12-24H,11H2,1-10H3/b25-20+. The number of anilines is 2. The molecule has 2 aromatic carbocycles. The van der Waals surface area contributed by atoms with Crippen LogP contribution in [0.5, 0.6) is 0 Å². The fourth-order valence-corrected chi connectivity index (χ4v) is 5.34. The van der Waals surface area contributed by atoms with Crippen LogP contribution in [-0.4, -0.2) is 19.6 Å². The van der Waals surface area contributed by atoms with E-state index in [0.717, 1.165) is 5.47 Å². The van der Waals surface area contributed by atoms with Gasteiger partial charge in [-0.25, -0.2) is 4.79 Å². The molecule has 3 rings (SSSR count). The lowest BCUT2D eigenvalue weighted by molar-refractivity contribution is -0.137. The molecule has 5 heteroatoms. The van der Waals surface area contributed by atoms with Crippen LogP contribution in [0.4, 0.5) is 11.4 Å². The minimum atomic E-state index is -0.297. The zero-order chi connectivity index (χ0) is 27.4. The highest BCUT2D eigenvalue weighted by molar-refractivity contribution is 6.76. The number of para-hydroxylation sites is 2. The van der Waals surface area contributed by atoms with E-state index in [1.807, 2.05) is 6.92 Å². The van der Waals surface area contributed by atoms with E-state index < -0.39 is 0 Å². The van der Waals surface area contributed by atoms with E-state index in [1.54, 1.807) is 6.08 Å². The Kier molecular flexibility index (Phi) is 9.33. The predicted octanol–water partition coefficient (Wildman–Crippen LogP) is 8.51. The van der Waals surface area contributed by atoms with Gasteiger partial charge >= 0.3 is 13.0 Å². The Morgan fingerprint density at radius 2 is 1.11 bits per heavy atom. The maximum Gasteiger partial charge on any atom is 0.415 e. The molecule has 0 aromatic heterocycles. The van der Waals surface area contributed by atoms with Crippen LogP contribution in [0.2, 0.25) is 0 Å². The summed E-state index contributed by atoms with van der Waals surface area (Å²) < 4.78 is 5.33. The topological polar surface area (TPSA) is 32.8 Å². The van der Waals surface area contributed by atoms with Crippen LogP contribution >= 0.6 is 0 Å². The molecule has 0 atom stereocenters. The second-order valence-corrected chi connectivity index (χ2v) is 11.3. The molecule has 0 amide bonds. The van der Waals surface area contributed by atoms with Crippen LogP contribution < -0.4 is 9.62 Å². The highest BCUT2D eigenvalue weighted by Crippen LogP contribution is 2.43. The Labute approximate surface area is 225 Å². The Morgan fingerprint density at radius 1 is 0.757 bits per heavy atom. The molecule has 1 heterocycles. The van der Waals surface area contributed by atoms with Crippen molar-refractivity contribution in [3.05, 3.63) is 82.6 Å². The molecule has 1 aliphatic rings. The molecule has 0 radical (unpaired) electrons. The molecule has 0 unspecified atom stereocenters. The summed E-state index contributed by atoms with van der Waals surface area (Å²) in [5.41, 5.74) is 8.67. The molecule has 1 aliphatic heterocycles. The van der Waals surface area contributed by atoms with Gasteiger partial charge in [-0.2, -0.15) is 0 Å². The first kappa shape index (κ1) is 28.6. The van der Waals surface area contributed by atoms with Gasteiger partial charge < -0.3 is 14.4 Å². The maximum atomic E-state index is 12.6. The van der Waals surface area contributed by atoms with Crippen molar-refractivity contribution in [1.29, 1.82) is 0 Å². The van der Waals surface area contributed by atoms with Gasteiger partial charge in [0.25, 0.3) is 0 Å². The van der Waals surface area contributed by atoms with Crippen molar-refractivity contribution in [2.75, 3.05) is 16.2 Å². The number of esters is 1. The van der Waals surface area contributed by atoms with Crippen LogP contribution in [-0.2, 0) is 9.53 Å². The van der Waals surface area contributed by atoms with Crippen molar-refractivity contribution >= 4 is 24.3 Å². The van der Waals surface area contributed by atoms with Crippen molar-refractivity contribution in [2.24, 2.45) is 0 Å². The number of carbonyl (C=O) groups is 1. The van der Waals surface area contributed by atoms with Crippen LogP contribution in [0, 0.1) is 0 Å². The lowest BCUT2D eigenvalue weighted by atomic mass is 9.63. The highest BCUT2D eigenvalue weighted by Gasteiger charge is 2.40. The molecule has 0 spiro atoms. The first-order valence-corrected chi connectivity index (χ1v) is 13.8. The van der Waals surface area contributed by atoms with Gasteiger partial charge in [-0.15, -0.1) is 0 Å². The number of rotatable bonds is 9. The zero-order valence-electron chi connectivity index (χ0n) is 24.5. The van der Waals surface area contributed by atoms with Crippen molar-refractivity contribution in [3.63, 3.8) is 0 Å². The fraction of sp³-hybridized carbons (Fsp3) is 0.469. The molecule has 0 N–H and O–H groups in total. The molecule has 0 bridgehead atoms. The van der Waals surface area contributed by atoms with Crippen LogP contribution in [0.1, 0.15) is 115 Å². The van der Waals surface area contributed by atoms with Crippen molar-refractivity contribution in [2.45, 2.75) is 92.9 Å². The molecular weight excluding hydrogens is 455 g/mol. The monoisotopic (exact) mass is 500 g/mol. The number of benzene rings is 2. The van der Waals surface area contributed by atoms with E-state index in [9.17, 15) is 4.79 Å². The van der Waals surface area contributed by atoms with Gasteiger partial charge in [0.1, 0.15) is 0 Å². The number of nitrogens with zero attached hydrogens (tertiary/aromatic N) is 2. The van der Waals surface area contributed by atoms with Crippen LogP contribution in [0.3, 0.4) is 0 Å². The summed E-state index contributed by atoms with van der Waals surface area (Å²) in [5.74, 6) is 1.15. The van der Waals surface area contributed by atoms with Gasteiger partial charge in [0.15, 0.2) is 0 Å². The van der Waals surface area contributed by atoms with Gasteiger partial charge in [-0.1, -0.05) is 91.8 Å². The number of hydrogen-bond donors (Lipinski definition) is 0. The second-order valence-electron chi connectivity index (χ2n) is 11.3. The quantitative estimate of drug-likeness (QED) is 0.196. The van der Waals surface area contributed by atoms with Crippen LogP contribution in [0.15, 0.2) is 60.3 Å². The molecule has 0 saturated carbocycles. The highest BCUT2D eigenvalue weighted by atomic mass is 16.5. The summed E-state index contributed by atoms with van der Waals surface area (Å²) in [6.45, 7) is 22.1. The summed E-state index contributed by atoms with van der Waals surface area (Å²) >= 11 is 0. The minimum Gasteiger partial charge on any atom is -0.463 e. The normalized spacial score (nSPS) is 14.2. The molecule has 0 saturated heterocycles. The smallest absolute Gasteiger partial charge is 0.415 e. The average molecular weight is 501 g/mol. The summed E-state index contributed by atoms with van der Waals surface area (Å²) in [7, 11) is 0. The SMILES string of the molecule is CCOC(=O)/C=C(\C)B1N(c2c(C(C)C)cccc2C(C)C)C=CN1c1c(C(C)C)cccc1C(C)C. The predicted molar refractivity (Wildman–Crippen MR) is 159 cm³/mol. The Hall–Kier alpha value is -2.95. The number of ether oxygens (including phenoxy) is 1. The first-order valence-electron chi connectivity index (χ1n) is 13.8. The van der Waals surface area contributed by atoms with Gasteiger partial charge in [0.2, 0.25) is 0 Å². The molecule has 0 aliphatic carbocycles. The van der Waals surface area contributed by atoms with Crippen molar-refractivity contribution in [1.82, 2.24) is 0 Å². The summed E-state index contributed by atoms with van der Waals surface area (Å²) in [5, 5.41) is 0. The fourth-order valence-electron chi connectivity index (χ4n) is 5.34. The Balaban J connectivity index is 2.31. The number of carbonyl (C=O) groups excluding carboxylic acids is 1. The molecule has 4 nitrogen and oxygen atoms in total. The van der Waals surface area contributed by atoms with E-state index in [4.69, 9.17) is 4.74 Å². The Morgan fingerprint density at radius 3 is 1.41 bits per heavy atom. The molecule has 2 aromatic rings. The Bertz CT molecular complexity index is 1040. The van der Waals surface area contributed by atoms with E-state index in [1.165, 1.54) is 33.6 Å². The average Bonchev–Trinajstić information content (AvgIpc) is 3.27. The van der Waals surface area contributed by atoms with E-state index in [2.05, 4.69) is 121 Å². The summed E-state index contributed by atoms with van der Waals surface area (Å²) in [4.78, 5) is 17.4. The van der Waals surface area contributed by atoms with Gasteiger partial charge in [-0.05, 0) is 65.2 Å². The van der Waals surface area contributed by atoms with Gasteiger partial charge in [0.05, 0.1) is 6.61 Å². The molecule has 37 heavy (non-hydrogen) atoms. The first-order chi connectivity index (χ1) is 17.5. The van der Waals surface area contributed by atoms with Gasteiger partial charge in [0, 0.05) is 29.9 Å². The molecule has 0 fully saturated rings. The number of allylic oxidation sites excluding steroid dienone is 1. The van der Waals surface area contributed by atoms with Crippen LogP contribution in [0.25, 0.3) is 0 Å². The lowest BCUT2D eigenvalue weighted by Gasteiger charge is -2.36. The largest absolute Gasteiger partial charge is 0.463 e. The molecular formula is C32H45BN2O2. The second kappa shape index (κ2) is 12.1. The third-order valence-electron chi connectivity index (χ3n) is 7.16. The van der Waals surface area contributed by atoms with E-state index >= 15 is 0 Å². The third kappa shape index (κ3) is 5.97. The summed E-state index contributed by atoms with van der Waals surface area (Å²) in [6.07, 6.45) is 6.06. The third-order valence-corrected chi connectivity index (χ3v) is 7.16. The lowest BCUT2D eigenvalue weighted by Crippen LogP contribution is -2.47. The minimum absolute atomic E-state index is 0.181. The maximum absolute atomic E-state index is 12.6. The van der Waals surface area contributed by atoms with E-state index in [0.29, 0.717) is 30.3 Å². The van der Waals surface area contributed by atoms with Crippen molar-refractivity contribution in [3.8, 4) is 0 Å². The van der Waals surface area contributed by atoms with Gasteiger partial charge in [-0.3, -0.25) is 0 Å². The van der Waals surface area contributed by atoms with E-state index in [-0.39, 0.29) is 13.0 Å². The molecule has 198 valence electrons. The van der Waals surface area contributed by atoms with Crippen molar-refractivity contribution < 1.29 is 9.53 Å².